The molecule has 0 aromatic rings. The minimum Gasteiger partial charge on any atom is -0.380 e. The van der Waals surface area contributed by atoms with Crippen LogP contribution in [0, 0.1) is 34.5 Å². The topological polar surface area (TPSA) is 9.23 Å². The fourth-order valence-corrected chi connectivity index (χ4v) is 4.07. The van der Waals surface area contributed by atoms with Gasteiger partial charge in [0, 0.05) is 18.3 Å². The van der Waals surface area contributed by atoms with E-state index < -0.39 is 5.92 Å². The summed E-state index contributed by atoms with van der Waals surface area (Å²) in [6, 6.07) is 0. The Morgan fingerprint density at radius 1 is 0.625 bits per heavy atom. The van der Waals surface area contributed by atoms with E-state index in [1.807, 2.05) is 13.8 Å². The molecule has 0 amide bonds. The van der Waals surface area contributed by atoms with Crippen molar-refractivity contribution in [2.24, 2.45) is 34.5 Å². The number of hydrogen-bond acceptors (Lipinski definition) is 1. The van der Waals surface area contributed by atoms with Crippen LogP contribution in [0.1, 0.15) is 82.1 Å². The summed E-state index contributed by atoms with van der Waals surface area (Å²) in [6.45, 7) is 23.3. The molecule has 0 bridgehead atoms. The second kappa shape index (κ2) is 8.96. The van der Waals surface area contributed by atoms with Crippen molar-refractivity contribution >= 4 is 0 Å². The molecule has 2 fully saturated rings. The van der Waals surface area contributed by atoms with Gasteiger partial charge in [-0.3, -0.25) is 0 Å². The Hall–Kier alpha value is -0.180. The summed E-state index contributed by atoms with van der Waals surface area (Å²) in [5, 5.41) is 0. The number of hydrogen-bond donors (Lipinski definition) is 0. The zero-order valence-electron chi connectivity index (χ0n) is 17.8. The van der Waals surface area contributed by atoms with Crippen LogP contribution in [0.15, 0.2) is 0 Å². The Bertz CT molecular complexity index is 327. The molecule has 1 saturated carbocycles. The maximum Gasteiger partial charge on any atom is 0.249 e. The Morgan fingerprint density at radius 2 is 0.917 bits per heavy atom. The largest absolute Gasteiger partial charge is 0.380 e. The first-order valence-corrected chi connectivity index (χ1v) is 9.85. The Labute approximate surface area is 149 Å². The first-order valence-electron chi connectivity index (χ1n) is 9.85. The fraction of sp³-hybridized carbons (Fsp3) is 1.00. The molecule has 0 aromatic heterocycles. The zero-order valence-corrected chi connectivity index (χ0v) is 17.8. The minimum atomic E-state index is -2.38. The van der Waals surface area contributed by atoms with Gasteiger partial charge in [0.25, 0.3) is 0 Å². The molecule has 2 aliphatic rings. The number of halogens is 2. The third-order valence-electron chi connectivity index (χ3n) is 6.52. The van der Waals surface area contributed by atoms with E-state index in [0.717, 1.165) is 25.0 Å². The summed E-state index contributed by atoms with van der Waals surface area (Å²) < 4.78 is 30.8. The van der Waals surface area contributed by atoms with Crippen molar-refractivity contribution in [2.75, 3.05) is 13.2 Å². The fourth-order valence-electron chi connectivity index (χ4n) is 4.07. The van der Waals surface area contributed by atoms with Gasteiger partial charge in [-0.2, -0.15) is 0 Å². The van der Waals surface area contributed by atoms with E-state index in [1.54, 1.807) is 0 Å². The SMILES string of the molecule is CC.CC(C)C1(C(C)C)CC(F)(F)C1.CC(C)C1(C(C)C)COC1. The summed E-state index contributed by atoms with van der Waals surface area (Å²) in [5.41, 5.74) is 0.406. The Morgan fingerprint density at radius 3 is 0.958 bits per heavy atom. The van der Waals surface area contributed by atoms with Gasteiger partial charge in [-0.25, -0.2) is 8.78 Å². The summed E-state index contributed by atoms with van der Waals surface area (Å²) in [5.74, 6) is -0.106. The molecular formula is C21H42F2O. The third-order valence-corrected chi connectivity index (χ3v) is 6.52. The maximum atomic E-state index is 12.8. The predicted octanol–water partition coefficient (Wildman–Crippen LogP) is 7.06. The van der Waals surface area contributed by atoms with E-state index in [9.17, 15) is 8.78 Å². The normalized spacial score (nSPS) is 23.0. The van der Waals surface area contributed by atoms with Crippen molar-refractivity contribution in [1.82, 2.24) is 0 Å². The van der Waals surface area contributed by atoms with Crippen molar-refractivity contribution in [2.45, 2.75) is 88.0 Å². The zero-order chi connectivity index (χ0) is 19.3. The maximum absolute atomic E-state index is 12.8. The first-order chi connectivity index (χ1) is 10.9. The lowest BCUT2D eigenvalue weighted by molar-refractivity contribution is -0.197. The lowest BCUT2D eigenvalue weighted by atomic mass is 9.54. The van der Waals surface area contributed by atoms with E-state index in [-0.39, 0.29) is 18.3 Å². The molecule has 24 heavy (non-hydrogen) atoms. The molecule has 0 atom stereocenters. The second-order valence-electron chi connectivity index (χ2n) is 8.79. The molecule has 2 rings (SSSR count). The molecule has 0 spiro atoms. The van der Waals surface area contributed by atoms with Crippen molar-refractivity contribution in [1.29, 1.82) is 0 Å². The summed E-state index contributed by atoms with van der Waals surface area (Å²) in [7, 11) is 0. The molecule has 0 radical (unpaired) electrons. The average molecular weight is 349 g/mol. The molecule has 1 heterocycles. The molecule has 0 aromatic carbocycles. The van der Waals surface area contributed by atoms with Crippen LogP contribution in [0.4, 0.5) is 8.78 Å². The van der Waals surface area contributed by atoms with Crippen LogP contribution in [-0.2, 0) is 4.74 Å². The molecule has 1 nitrogen and oxygen atoms in total. The molecule has 1 saturated heterocycles. The van der Waals surface area contributed by atoms with Gasteiger partial charge >= 0.3 is 0 Å². The molecule has 0 N–H and O–H groups in total. The highest BCUT2D eigenvalue weighted by molar-refractivity contribution is 5.02. The highest BCUT2D eigenvalue weighted by atomic mass is 19.3. The van der Waals surface area contributed by atoms with Gasteiger partial charge in [-0.05, 0) is 29.1 Å². The Balaban J connectivity index is 0.000000405. The standard InChI is InChI=1S/C10H18F2.C9H18O.C2H6/c1-7(2)9(8(3)4)5-10(11,12)6-9;1-7(2)9(8(3)4)5-10-6-9;1-2/h7-8H,5-6H2,1-4H3;7-8H,5-6H2,1-4H3;1-2H3. The Kier molecular flexibility index (Phi) is 8.89. The highest BCUT2D eigenvalue weighted by Gasteiger charge is 2.58. The molecule has 0 unspecified atom stereocenters. The summed E-state index contributed by atoms with van der Waals surface area (Å²) in [6.07, 6.45) is 0.185. The molecule has 1 aliphatic carbocycles. The van der Waals surface area contributed by atoms with Crippen molar-refractivity contribution in [3.8, 4) is 0 Å². The van der Waals surface area contributed by atoms with Crippen molar-refractivity contribution in [3.63, 3.8) is 0 Å². The summed E-state index contributed by atoms with van der Waals surface area (Å²) in [4.78, 5) is 0. The van der Waals surface area contributed by atoms with Crippen LogP contribution in [-0.4, -0.2) is 19.1 Å². The summed E-state index contributed by atoms with van der Waals surface area (Å²) >= 11 is 0. The number of rotatable bonds is 4. The molecule has 1 aliphatic heterocycles. The number of alkyl halides is 2. The van der Waals surface area contributed by atoms with Crippen molar-refractivity contribution < 1.29 is 13.5 Å². The van der Waals surface area contributed by atoms with E-state index in [1.165, 1.54) is 0 Å². The molecule has 146 valence electrons. The van der Waals surface area contributed by atoms with Gasteiger partial charge in [0.1, 0.15) is 0 Å². The number of ether oxygens (including phenoxy) is 1. The highest BCUT2D eigenvalue weighted by Crippen LogP contribution is 2.59. The first kappa shape index (κ1) is 23.8. The smallest absolute Gasteiger partial charge is 0.249 e. The van der Waals surface area contributed by atoms with Crippen LogP contribution in [0.5, 0.6) is 0 Å². The van der Waals surface area contributed by atoms with E-state index in [2.05, 4.69) is 55.4 Å². The van der Waals surface area contributed by atoms with Gasteiger partial charge in [-0.15, -0.1) is 0 Å². The van der Waals surface area contributed by atoms with Crippen molar-refractivity contribution in [3.05, 3.63) is 0 Å². The lowest BCUT2D eigenvalue weighted by Crippen LogP contribution is -2.52. The van der Waals surface area contributed by atoms with E-state index in [4.69, 9.17) is 4.74 Å². The molecular weight excluding hydrogens is 306 g/mol. The van der Waals surface area contributed by atoms with E-state index >= 15 is 0 Å². The van der Waals surface area contributed by atoms with Gasteiger partial charge in [-0.1, -0.05) is 69.2 Å². The predicted molar refractivity (Wildman–Crippen MR) is 101 cm³/mol. The van der Waals surface area contributed by atoms with Gasteiger partial charge in [0.05, 0.1) is 13.2 Å². The van der Waals surface area contributed by atoms with Gasteiger partial charge < -0.3 is 4.74 Å². The van der Waals surface area contributed by atoms with Crippen LogP contribution < -0.4 is 0 Å². The van der Waals surface area contributed by atoms with E-state index in [0.29, 0.717) is 17.3 Å². The third kappa shape index (κ3) is 4.93. The monoisotopic (exact) mass is 348 g/mol. The molecule has 3 heteroatoms. The minimum absolute atomic E-state index is 0.0926. The van der Waals surface area contributed by atoms with Crippen LogP contribution in [0.25, 0.3) is 0 Å². The van der Waals surface area contributed by atoms with Crippen LogP contribution in [0.2, 0.25) is 0 Å². The average Bonchev–Trinajstić information content (AvgIpc) is 2.35. The lowest BCUT2D eigenvalue weighted by Gasteiger charge is -2.53. The van der Waals surface area contributed by atoms with Gasteiger partial charge in [0.15, 0.2) is 0 Å². The van der Waals surface area contributed by atoms with Gasteiger partial charge in [0.2, 0.25) is 5.92 Å². The second-order valence-corrected chi connectivity index (χ2v) is 8.79. The van der Waals surface area contributed by atoms with Crippen LogP contribution >= 0.6 is 0 Å². The van der Waals surface area contributed by atoms with Crippen LogP contribution in [0.3, 0.4) is 0 Å². The quantitative estimate of drug-likeness (QED) is 0.528.